The summed E-state index contributed by atoms with van der Waals surface area (Å²) in [5, 5.41) is 10.0. The zero-order valence-electron chi connectivity index (χ0n) is 12.8. The van der Waals surface area contributed by atoms with Crippen molar-refractivity contribution in [3.05, 3.63) is 40.6 Å². The highest BCUT2D eigenvalue weighted by molar-refractivity contribution is 6.71. The zero-order chi connectivity index (χ0) is 16.2. The van der Waals surface area contributed by atoms with E-state index in [0.717, 1.165) is 32.0 Å². The Kier molecular flexibility index (Phi) is 3.16. The Balaban J connectivity index is 1.77. The van der Waals surface area contributed by atoms with Crippen molar-refractivity contribution in [1.82, 2.24) is 4.57 Å². The fourth-order valence-electron chi connectivity index (χ4n) is 4.18. The van der Waals surface area contributed by atoms with Crippen molar-refractivity contribution in [3.63, 3.8) is 0 Å². The molecule has 1 aromatic carbocycles. The minimum atomic E-state index is -0.564. The van der Waals surface area contributed by atoms with Gasteiger partial charge in [0.25, 0.3) is 12.3 Å². The van der Waals surface area contributed by atoms with Crippen molar-refractivity contribution in [1.29, 1.82) is 5.26 Å². The molecule has 2 aliphatic rings. The zero-order valence-corrected chi connectivity index (χ0v) is 12.8. The first-order valence-corrected chi connectivity index (χ1v) is 8.03. The van der Waals surface area contributed by atoms with E-state index in [9.17, 15) is 14.4 Å². The quantitative estimate of drug-likeness (QED) is 0.759. The SMILES string of the molecule is [B]c1cc(F)c2c(=O)n(C3CCB(C#N)C4(CC4)C3)ccc2c1. The number of nitrogens with zero attached hydrogens (tertiary/aromatic N) is 2. The molecule has 4 rings (SSSR count). The first kappa shape index (κ1) is 14.6. The lowest BCUT2D eigenvalue weighted by Gasteiger charge is -2.32. The van der Waals surface area contributed by atoms with Gasteiger partial charge in [0.1, 0.15) is 13.7 Å². The van der Waals surface area contributed by atoms with Crippen molar-refractivity contribution in [3.8, 4) is 5.97 Å². The highest BCUT2D eigenvalue weighted by atomic mass is 19.1. The molecule has 1 spiro atoms. The normalized spacial score (nSPS) is 22.3. The second kappa shape index (κ2) is 4.99. The molecule has 1 saturated carbocycles. The van der Waals surface area contributed by atoms with Gasteiger partial charge in [-0.25, -0.2) is 9.65 Å². The number of pyridine rings is 1. The highest BCUT2D eigenvalue weighted by Crippen LogP contribution is 2.64. The Morgan fingerprint density at radius 3 is 2.91 bits per heavy atom. The number of fused-ring (bicyclic) bond motifs is 1. The number of hydrogen-bond acceptors (Lipinski definition) is 2. The average molecular weight is 304 g/mol. The monoisotopic (exact) mass is 304 g/mol. The number of nitriles is 1. The second-order valence-corrected chi connectivity index (χ2v) is 6.97. The molecule has 1 atom stereocenters. The van der Waals surface area contributed by atoms with Gasteiger partial charge in [0.2, 0.25) is 0 Å². The van der Waals surface area contributed by atoms with E-state index in [1.807, 2.05) is 0 Å². The molecule has 3 nitrogen and oxygen atoms in total. The minimum Gasteiger partial charge on any atom is -0.312 e. The predicted molar refractivity (Wildman–Crippen MR) is 89.9 cm³/mol. The van der Waals surface area contributed by atoms with E-state index >= 15 is 0 Å². The van der Waals surface area contributed by atoms with Crippen LogP contribution in [0.25, 0.3) is 10.8 Å². The average Bonchev–Trinajstić information content (AvgIpc) is 3.26. The largest absolute Gasteiger partial charge is 0.312 e. The van der Waals surface area contributed by atoms with Crippen LogP contribution in [0.4, 0.5) is 4.39 Å². The van der Waals surface area contributed by atoms with E-state index in [0.29, 0.717) is 10.8 Å². The van der Waals surface area contributed by atoms with Gasteiger partial charge in [-0.2, -0.15) is 0 Å². The Morgan fingerprint density at radius 1 is 1.43 bits per heavy atom. The molecule has 0 bridgehead atoms. The Hall–Kier alpha value is -2.02. The first-order valence-electron chi connectivity index (χ1n) is 8.03. The van der Waals surface area contributed by atoms with Gasteiger partial charge in [0.05, 0.1) is 5.39 Å². The van der Waals surface area contributed by atoms with Crippen LogP contribution in [0.2, 0.25) is 11.6 Å². The summed E-state index contributed by atoms with van der Waals surface area (Å²) in [6, 6.07) is 4.63. The molecule has 0 amide bonds. The van der Waals surface area contributed by atoms with Crippen LogP contribution < -0.4 is 11.0 Å². The van der Waals surface area contributed by atoms with E-state index in [4.69, 9.17) is 7.85 Å². The molecule has 2 aromatic rings. The van der Waals surface area contributed by atoms with Crippen molar-refractivity contribution < 1.29 is 4.39 Å². The third kappa shape index (κ3) is 2.22. The molecule has 2 heterocycles. The molecule has 1 unspecified atom stereocenters. The number of aromatic nitrogens is 1. The molecule has 1 aliphatic carbocycles. The van der Waals surface area contributed by atoms with Gasteiger partial charge in [-0.1, -0.05) is 30.7 Å². The fourth-order valence-corrected chi connectivity index (χ4v) is 4.18. The van der Waals surface area contributed by atoms with Gasteiger partial charge in [-0.05, 0) is 35.7 Å². The van der Waals surface area contributed by atoms with Crippen LogP contribution in [0.3, 0.4) is 0 Å². The summed E-state index contributed by atoms with van der Waals surface area (Å²) < 4.78 is 15.9. The van der Waals surface area contributed by atoms with Crippen LogP contribution in [0, 0.1) is 17.0 Å². The summed E-state index contributed by atoms with van der Waals surface area (Å²) in [7, 11) is 5.65. The maximum absolute atomic E-state index is 14.2. The van der Waals surface area contributed by atoms with Gasteiger partial charge in [-0.15, -0.1) is 0 Å². The maximum atomic E-state index is 14.2. The molecule has 112 valence electrons. The van der Waals surface area contributed by atoms with E-state index in [1.54, 1.807) is 22.9 Å². The second-order valence-electron chi connectivity index (χ2n) is 6.97. The van der Waals surface area contributed by atoms with Crippen LogP contribution in [-0.2, 0) is 0 Å². The van der Waals surface area contributed by atoms with Crippen LogP contribution in [-0.4, -0.2) is 19.1 Å². The molecule has 2 fully saturated rings. The molecule has 23 heavy (non-hydrogen) atoms. The van der Waals surface area contributed by atoms with Gasteiger partial charge in [-0.3, -0.25) is 4.79 Å². The van der Waals surface area contributed by atoms with Gasteiger partial charge in [0.15, 0.2) is 0 Å². The summed E-state index contributed by atoms with van der Waals surface area (Å²) in [6.45, 7) is 0.103. The van der Waals surface area contributed by atoms with Crippen molar-refractivity contribution >= 4 is 30.8 Å². The Bertz CT molecular complexity index is 898. The van der Waals surface area contributed by atoms with E-state index in [2.05, 4.69) is 5.97 Å². The maximum Gasteiger partial charge on any atom is 0.274 e. The summed E-state index contributed by atoms with van der Waals surface area (Å²) in [4.78, 5) is 12.8. The van der Waals surface area contributed by atoms with Crippen molar-refractivity contribution in [2.24, 2.45) is 0 Å². The molecular formula is C17H15B2FN2O. The Morgan fingerprint density at radius 2 is 2.22 bits per heavy atom. The molecule has 6 heteroatoms. The van der Waals surface area contributed by atoms with Crippen LogP contribution in [0.1, 0.15) is 31.7 Å². The lowest BCUT2D eigenvalue weighted by Crippen LogP contribution is -2.34. The molecule has 1 aromatic heterocycles. The topological polar surface area (TPSA) is 45.8 Å². The van der Waals surface area contributed by atoms with Gasteiger partial charge in [0, 0.05) is 18.2 Å². The predicted octanol–water partition coefficient (Wildman–Crippen LogP) is 2.36. The minimum absolute atomic E-state index is 0.0518. The van der Waals surface area contributed by atoms with Crippen LogP contribution in [0.5, 0.6) is 0 Å². The summed E-state index contributed by atoms with van der Waals surface area (Å²) in [6.07, 6.45) is 6.33. The number of hydrogen-bond donors (Lipinski definition) is 0. The van der Waals surface area contributed by atoms with Gasteiger partial charge < -0.3 is 4.57 Å². The molecule has 2 radical (unpaired) electrons. The Labute approximate surface area is 135 Å². The van der Waals surface area contributed by atoms with Gasteiger partial charge >= 0.3 is 0 Å². The molecule has 0 N–H and O–H groups in total. The lowest BCUT2D eigenvalue weighted by molar-refractivity contribution is 0.402. The van der Waals surface area contributed by atoms with Crippen LogP contribution >= 0.6 is 0 Å². The fraction of sp³-hybridized carbons (Fsp3) is 0.412. The third-order valence-electron chi connectivity index (χ3n) is 5.62. The third-order valence-corrected chi connectivity index (χ3v) is 5.62. The number of rotatable bonds is 1. The van der Waals surface area contributed by atoms with E-state index in [1.165, 1.54) is 6.07 Å². The summed E-state index contributed by atoms with van der Waals surface area (Å²) in [5.41, 5.74) is 0.0230. The molecule has 1 aliphatic heterocycles. The highest BCUT2D eigenvalue weighted by Gasteiger charge is 2.55. The van der Waals surface area contributed by atoms with Crippen molar-refractivity contribution in [2.75, 3.05) is 0 Å². The van der Waals surface area contributed by atoms with Crippen molar-refractivity contribution in [2.45, 2.75) is 43.4 Å². The summed E-state index contributed by atoms with van der Waals surface area (Å²) in [5.74, 6) is 1.86. The van der Waals surface area contributed by atoms with Crippen LogP contribution in [0.15, 0.2) is 29.2 Å². The molecular weight excluding hydrogens is 289 g/mol. The summed E-state index contributed by atoms with van der Waals surface area (Å²) >= 11 is 0. The smallest absolute Gasteiger partial charge is 0.274 e. The standard InChI is InChI=1S/C17H15B2FN2O/c18-12-7-11-2-6-22(16(23)15(11)14(20)8-12)13-1-5-19(10-21)17(9-13)3-4-17/h2,6-8,13H,1,3-5,9H2. The van der Waals surface area contributed by atoms with E-state index < -0.39 is 5.82 Å². The molecule has 1 saturated heterocycles. The number of halogens is 1. The first-order chi connectivity index (χ1) is 11.0. The lowest BCUT2D eigenvalue weighted by atomic mass is 9.34. The van der Waals surface area contributed by atoms with E-state index in [-0.39, 0.29) is 29.0 Å². The number of benzene rings is 1.